The largest absolute Gasteiger partial charge is 0.462 e. The lowest BCUT2D eigenvalue weighted by Crippen LogP contribution is -2.29. The van der Waals surface area contributed by atoms with Gasteiger partial charge in [0.1, 0.15) is 5.00 Å². The van der Waals surface area contributed by atoms with E-state index in [0.717, 1.165) is 42.1 Å². The molecule has 34 heavy (non-hydrogen) atoms. The monoisotopic (exact) mass is 516 g/mol. The number of benzene rings is 2. The number of esters is 1. The third-order valence-corrected chi connectivity index (χ3v) is 6.90. The van der Waals surface area contributed by atoms with Gasteiger partial charge in [0.05, 0.1) is 12.2 Å². The first kappa shape index (κ1) is 26.0. The Morgan fingerprint density at radius 1 is 1.15 bits per heavy atom. The molecular formula is C26H26Cl2N2O3S. The lowest BCUT2D eigenvalue weighted by atomic mass is 10.0. The summed E-state index contributed by atoms with van der Waals surface area (Å²) >= 11 is 7.61. The van der Waals surface area contributed by atoms with E-state index in [1.54, 1.807) is 19.1 Å². The number of hydrogen-bond acceptors (Lipinski definition) is 5. The summed E-state index contributed by atoms with van der Waals surface area (Å²) < 4.78 is 5.31. The highest BCUT2D eigenvalue weighted by Gasteiger charge is 2.29. The summed E-state index contributed by atoms with van der Waals surface area (Å²) in [5, 5.41) is 4.00. The van der Waals surface area contributed by atoms with Gasteiger partial charge >= 0.3 is 5.97 Å². The predicted molar refractivity (Wildman–Crippen MR) is 141 cm³/mol. The molecule has 1 aromatic heterocycles. The molecule has 0 saturated carbocycles. The number of carbonyl (C=O) groups excluding carboxylic acids is 2. The number of rotatable bonds is 7. The summed E-state index contributed by atoms with van der Waals surface area (Å²) in [5.41, 5.74) is 3.46. The second-order valence-corrected chi connectivity index (χ2v) is 9.23. The van der Waals surface area contributed by atoms with E-state index in [4.69, 9.17) is 16.3 Å². The highest BCUT2D eigenvalue weighted by atomic mass is 35.5. The zero-order valence-electron chi connectivity index (χ0n) is 18.8. The first-order chi connectivity index (χ1) is 16.0. The minimum absolute atomic E-state index is 0. The topological polar surface area (TPSA) is 58.6 Å². The molecule has 3 aromatic rings. The number of ether oxygens (including phenoxy) is 1. The van der Waals surface area contributed by atoms with Gasteiger partial charge in [0.25, 0.3) is 0 Å². The molecule has 8 heteroatoms. The Hall–Kier alpha value is -2.64. The molecule has 1 amide bonds. The van der Waals surface area contributed by atoms with Crippen LogP contribution in [-0.4, -0.2) is 29.9 Å². The maximum atomic E-state index is 12.8. The maximum Gasteiger partial charge on any atom is 0.341 e. The van der Waals surface area contributed by atoms with Crippen molar-refractivity contribution in [3.8, 4) is 0 Å². The molecule has 4 rings (SSSR count). The van der Waals surface area contributed by atoms with Crippen LogP contribution in [0.5, 0.6) is 0 Å². The Balaban J connectivity index is 0.00000324. The van der Waals surface area contributed by atoms with Crippen molar-refractivity contribution < 1.29 is 14.3 Å². The van der Waals surface area contributed by atoms with Crippen molar-refractivity contribution in [3.05, 3.63) is 92.8 Å². The summed E-state index contributed by atoms with van der Waals surface area (Å²) in [7, 11) is 0. The normalized spacial score (nSPS) is 13.2. The minimum Gasteiger partial charge on any atom is -0.462 e. The summed E-state index contributed by atoms with van der Waals surface area (Å²) in [4.78, 5) is 28.9. The van der Waals surface area contributed by atoms with Crippen LogP contribution in [0.25, 0.3) is 6.08 Å². The fraction of sp³-hybridized carbons (Fsp3) is 0.231. The molecule has 2 aromatic carbocycles. The van der Waals surface area contributed by atoms with Crippen molar-refractivity contribution in [2.75, 3.05) is 18.5 Å². The van der Waals surface area contributed by atoms with Crippen molar-refractivity contribution in [2.24, 2.45) is 0 Å². The molecule has 0 aliphatic carbocycles. The molecule has 0 saturated heterocycles. The highest BCUT2D eigenvalue weighted by Crippen LogP contribution is 2.38. The van der Waals surface area contributed by atoms with Gasteiger partial charge in [-0.25, -0.2) is 4.79 Å². The van der Waals surface area contributed by atoms with Crippen LogP contribution in [0.3, 0.4) is 0 Å². The first-order valence-corrected chi connectivity index (χ1v) is 12.1. The van der Waals surface area contributed by atoms with Crippen LogP contribution < -0.4 is 5.32 Å². The number of fused-ring (bicyclic) bond motifs is 1. The molecule has 0 fully saturated rings. The molecule has 0 bridgehead atoms. The molecule has 0 radical (unpaired) electrons. The van der Waals surface area contributed by atoms with Gasteiger partial charge in [-0.3, -0.25) is 9.69 Å². The van der Waals surface area contributed by atoms with Crippen LogP contribution in [0.4, 0.5) is 5.00 Å². The zero-order valence-corrected chi connectivity index (χ0v) is 21.1. The molecule has 1 aliphatic rings. The Morgan fingerprint density at radius 2 is 1.88 bits per heavy atom. The lowest BCUT2D eigenvalue weighted by Gasteiger charge is -2.27. The average molecular weight is 517 g/mol. The standard InChI is InChI=1S/C26H25ClN2O3S.ClH/c1-2-32-26(31)24-20-14-15-29(16-18-8-4-3-5-9-18)17-22(20)33-25(24)28-23(30)13-12-19-10-6-7-11-21(19)27;/h3-13H,2,14-17H2,1H3,(H,28,30);1H/b13-12-;. The van der Waals surface area contributed by atoms with Gasteiger partial charge < -0.3 is 10.1 Å². The van der Waals surface area contributed by atoms with E-state index in [-0.39, 0.29) is 24.9 Å². The van der Waals surface area contributed by atoms with Gasteiger partial charge in [-0.2, -0.15) is 0 Å². The van der Waals surface area contributed by atoms with Crippen LogP contribution >= 0.6 is 35.3 Å². The maximum absolute atomic E-state index is 12.8. The number of nitrogens with one attached hydrogen (secondary N) is 1. The van der Waals surface area contributed by atoms with E-state index in [1.165, 1.54) is 23.0 Å². The second kappa shape index (κ2) is 12.2. The smallest absolute Gasteiger partial charge is 0.341 e. The number of halogens is 2. The van der Waals surface area contributed by atoms with Gasteiger partial charge in [-0.1, -0.05) is 60.1 Å². The van der Waals surface area contributed by atoms with Gasteiger partial charge in [0.2, 0.25) is 5.91 Å². The molecule has 1 aliphatic heterocycles. The van der Waals surface area contributed by atoms with Crippen LogP contribution in [-0.2, 0) is 29.0 Å². The first-order valence-electron chi connectivity index (χ1n) is 10.9. The molecule has 0 spiro atoms. The molecule has 178 valence electrons. The summed E-state index contributed by atoms with van der Waals surface area (Å²) in [5.74, 6) is -0.711. The Morgan fingerprint density at radius 3 is 2.62 bits per heavy atom. The minimum atomic E-state index is -0.392. The molecular weight excluding hydrogens is 491 g/mol. The third-order valence-electron chi connectivity index (χ3n) is 5.42. The third kappa shape index (κ3) is 6.27. The van der Waals surface area contributed by atoms with Crippen LogP contribution in [0, 0.1) is 0 Å². The van der Waals surface area contributed by atoms with Gasteiger partial charge in [0, 0.05) is 35.6 Å². The van der Waals surface area contributed by atoms with E-state index in [9.17, 15) is 9.59 Å². The van der Waals surface area contributed by atoms with E-state index >= 15 is 0 Å². The second-order valence-electron chi connectivity index (χ2n) is 7.72. The fourth-order valence-corrected chi connectivity index (χ4v) is 5.35. The molecule has 2 heterocycles. The number of anilines is 1. The number of amides is 1. The van der Waals surface area contributed by atoms with Crippen molar-refractivity contribution in [1.29, 1.82) is 0 Å². The number of carbonyl (C=O) groups is 2. The van der Waals surface area contributed by atoms with Gasteiger partial charge in [-0.05, 0) is 42.2 Å². The summed E-state index contributed by atoms with van der Waals surface area (Å²) in [6, 6.07) is 17.6. The Bertz CT molecular complexity index is 1180. The summed E-state index contributed by atoms with van der Waals surface area (Å²) in [6.45, 7) is 4.47. The van der Waals surface area contributed by atoms with Crippen molar-refractivity contribution in [3.63, 3.8) is 0 Å². The van der Waals surface area contributed by atoms with E-state index in [1.807, 2.05) is 36.4 Å². The van der Waals surface area contributed by atoms with Crippen LogP contribution in [0.1, 0.15) is 38.8 Å². The zero-order chi connectivity index (χ0) is 23.2. The number of hydrogen-bond donors (Lipinski definition) is 1. The molecule has 0 unspecified atom stereocenters. The van der Waals surface area contributed by atoms with Gasteiger partial charge in [-0.15, -0.1) is 23.7 Å². The van der Waals surface area contributed by atoms with E-state index < -0.39 is 5.97 Å². The summed E-state index contributed by atoms with van der Waals surface area (Å²) in [6.07, 6.45) is 3.82. The van der Waals surface area contributed by atoms with Crippen LogP contribution in [0.15, 0.2) is 60.7 Å². The van der Waals surface area contributed by atoms with Crippen molar-refractivity contribution in [2.45, 2.75) is 26.4 Å². The average Bonchev–Trinajstić information content (AvgIpc) is 3.16. The molecule has 1 N–H and O–H groups in total. The van der Waals surface area contributed by atoms with Crippen molar-refractivity contribution >= 4 is 58.3 Å². The lowest BCUT2D eigenvalue weighted by molar-refractivity contribution is -0.111. The SMILES string of the molecule is CCOC(=O)c1c(NC(=O)/C=C\c2ccccc2Cl)sc2c1CCN(Cc1ccccc1)C2.Cl. The van der Waals surface area contributed by atoms with E-state index in [2.05, 4.69) is 22.3 Å². The van der Waals surface area contributed by atoms with Gasteiger partial charge in [0.15, 0.2) is 0 Å². The highest BCUT2D eigenvalue weighted by molar-refractivity contribution is 7.17. The quantitative estimate of drug-likeness (QED) is 0.299. The van der Waals surface area contributed by atoms with Crippen molar-refractivity contribution in [1.82, 2.24) is 4.90 Å². The predicted octanol–water partition coefficient (Wildman–Crippen LogP) is 6.21. The Labute approximate surface area is 214 Å². The molecule has 5 nitrogen and oxygen atoms in total. The number of thiophene rings is 1. The van der Waals surface area contributed by atoms with Crippen LogP contribution in [0.2, 0.25) is 5.02 Å². The number of nitrogens with zero attached hydrogens (tertiary/aromatic N) is 1. The Kier molecular flexibility index (Phi) is 9.30. The van der Waals surface area contributed by atoms with E-state index in [0.29, 0.717) is 15.6 Å². The molecule has 0 atom stereocenters. The fourth-order valence-electron chi connectivity index (χ4n) is 3.87.